The van der Waals surface area contributed by atoms with Crippen LogP contribution in [0.3, 0.4) is 0 Å². The number of hydrogen-bond donors (Lipinski definition) is 2. The summed E-state index contributed by atoms with van der Waals surface area (Å²) in [5.41, 5.74) is 7.14. The van der Waals surface area contributed by atoms with Gasteiger partial charge in [-0.2, -0.15) is 0 Å². The third kappa shape index (κ3) is 3.02. The highest BCUT2D eigenvalue weighted by atomic mass is 79.9. The maximum atomic E-state index is 11.6. The molecule has 0 unspecified atom stereocenters. The van der Waals surface area contributed by atoms with E-state index >= 15 is 0 Å². The molecule has 0 saturated carbocycles. The van der Waals surface area contributed by atoms with Crippen LogP contribution in [0.2, 0.25) is 5.02 Å². The third-order valence-corrected chi connectivity index (χ3v) is 3.79. The van der Waals surface area contributed by atoms with Crippen molar-refractivity contribution in [2.75, 3.05) is 18.2 Å². The maximum Gasteiger partial charge on any atom is 0.340 e. The van der Waals surface area contributed by atoms with Gasteiger partial charge in [-0.1, -0.05) is 11.6 Å². The zero-order chi connectivity index (χ0) is 14.7. The fourth-order valence-electron chi connectivity index (χ4n) is 1.57. The molecule has 0 atom stereocenters. The first-order valence-electron chi connectivity index (χ1n) is 5.57. The largest absolute Gasteiger partial charge is 0.465 e. The molecule has 7 heteroatoms. The van der Waals surface area contributed by atoms with Gasteiger partial charge in [0.05, 0.1) is 23.4 Å². The van der Waals surface area contributed by atoms with Crippen molar-refractivity contribution in [3.8, 4) is 0 Å². The Labute approximate surface area is 129 Å². The molecular formula is C13H11BrClN3O2. The standard InChI is InChI=1S/C13H11BrClN3O2/c1-20-13(19)8-4-5-17-12(11(8)16)18-7-2-3-10(15)9(14)6-7/h2-6H,16H2,1H3,(H,17,18). The van der Waals surface area contributed by atoms with Crippen LogP contribution >= 0.6 is 27.5 Å². The van der Waals surface area contributed by atoms with E-state index in [0.717, 1.165) is 10.2 Å². The van der Waals surface area contributed by atoms with Gasteiger partial charge in [-0.05, 0) is 40.2 Å². The van der Waals surface area contributed by atoms with Crippen LogP contribution in [0.1, 0.15) is 10.4 Å². The van der Waals surface area contributed by atoms with Gasteiger partial charge in [0.15, 0.2) is 5.82 Å². The number of pyridine rings is 1. The van der Waals surface area contributed by atoms with Gasteiger partial charge >= 0.3 is 5.97 Å². The van der Waals surface area contributed by atoms with E-state index in [2.05, 4.69) is 31.0 Å². The second-order valence-electron chi connectivity index (χ2n) is 3.87. The number of carbonyl (C=O) groups excluding carboxylic acids is 1. The molecule has 5 nitrogen and oxygen atoms in total. The van der Waals surface area contributed by atoms with Gasteiger partial charge in [0.2, 0.25) is 0 Å². The summed E-state index contributed by atoms with van der Waals surface area (Å²) in [5.74, 6) is -0.132. The predicted molar refractivity (Wildman–Crippen MR) is 82.4 cm³/mol. The Hall–Kier alpha value is -1.79. The number of aromatic nitrogens is 1. The number of nitrogens with zero attached hydrogens (tertiary/aromatic N) is 1. The van der Waals surface area contributed by atoms with E-state index in [1.165, 1.54) is 19.4 Å². The van der Waals surface area contributed by atoms with E-state index in [-0.39, 0.29) is 11.3 Å². The number of nitrogens with one attached hydrogen (secondary N) is 1. The smallest absolute Gasteiger partial charge is 0.340 e. The molecule has 1 heterocycles. The van der Waals surface area contributed by atoms with Crippen molar-refractivity contribution in [2.24, 2.45) is 0 Å². The fraction of sp³-hybridized carbons (Fsp3) is 0.0769. The summed E-state index contributed by atoms with van der Waals surface area (Å²) >= 11 is 9.25. The molecule has 0 aliphatic heterocycles. The molecule has 0 bridgehead atoms. The van der Waals surface area contributed by atoms with Gasteiger partial charge in [0.25, 0.3) is 0 Å². The van der Waals surface area contributed by atoms with Gasteiger partial charge in [-0.3, -0.25) is 0 Å². The van der Waals surface area contributed by atoms with Crippen LogP contribution in [0, 0.1) is 0 Å². The van der Waals surface area contributed by atoms with Crippen LogP contribution < -0.4 is 11.1 Å². The molecule has 0 aliphatic carbocycles. The lowest BCUT2D eigenvalue weighted by Crippen LogP contribution is -2.09. The van der Waals surface area contributed by atoms with Crippen LogP contribution in [0.5, 0.6) is 0 Å². The highest BCUT2D eigenvalue weighted by Gasteiger charge is 2.14. The van der Waals surface area contributed by atoms with Gasteiger partial charge in [-0.25, -0.2) is 9.78 Å². The number of nitrogens with two attached hydrogens (primary N) is 1. The predicted octanol–water partition coefficient (Wildman–Crippen LogP) is 3.61. The minimum atomic E-state index is -0.509. The second-order valence-corrected chi connectivity index (χ2v) is 5.13. The van der Waals surface area contributed by atoms with E-state index in [4.69, 9.17) is 17.3 Å². The minimum Gasteiger partial charge on any atom is -0.465 e. The van der Waals surface area contributed by atoms with Gasteiger partial charge in [0.1, 0.15) is 0 Å². The topological polar surface area (TPSA) is 77.2 Å². The van der Waals surface area contributed by atoms with E-state index in [1.54, 1.807) is 18.2 Å². The highest BCUT2D eigenvalue weighted by molar-refractivity contribution is 9.10. The molecule has 0 fully saturated rings. The number of anilines is 3. The van der Waals surface area contributed by atoms with Crippen LogP contribution in [-0.2, 0) is 4.74 Å². The molecule has 2 aromatic rings. The average Bonchev–Trinajstić information content (AvgIpc) is 2.44. The molecule has 0 amide bonds. The summed E-state index contributed by atoms with van der Waals surface area (Å²) in [5, 5.41) is 3.62. The molecule has 1 aromatic carbocycles. The fourth-order valence-corrected chi connectivity index (χ4v) is 2.07. The number of benzene rings is 1. The third-order valence-electron chi connectivity index (χ3n) is 2.58. The Morgan fingerprint density at radius 3 is 2.85 bits per heavy atom. The molecule has 0 radical (unpaired) electrons. The van der Waals surface area contributed by atoms with E-state index in [0.29, 0.717) is 10.8 Å². The monoisotopic (exact) mass is 355 g/mol. The van der Waals surface area contributed by atoms with Crippen molar-refractivity contribution in [2.45, 2.75) is 0 Å². The summed E-state index contributed by atoms with van der Waals surface area (Å²) in [6.07, 6.45) is 1.48. The molecule has 2 rings (SSSR count). The van der Waals surface area contributed by atoms with Crippen LogP contribution in [0.25, 0.3) is 0 Å². The lowest BCUT2D eigenvalue weighted by Gasteiger charge is -2.11. The number of halogens is 2. The average molecular weight is 357 g/mol. The van der Waals surface area contributed by atoms with Gasteiger partial charge in [-0.15, -0.1) is 0 Å². The number of esters is 1. The number of ether oxygens (including phenoxy) is 1. The Bertz CT molecular complexity index is 664. The number of methoxy groups -OCH3 is 1. The summed E-state index contributed by atoms with van der Waals surface area (Å²) in [6, 6.07) is 6.80. The Morgan fingerprint density at radius 2 is 2.20 bits per heavy atom. The number of hydrogen-bond acceptors (Lipinski definition) is 5. The van der Waals surface area contributed by atoms with Crippen LogP contribution in [-0.4, -0.2) is 18.1 Å². The Balaban J connectivity index is 2.34. The zero-order valence-electron chi connectivity index (χ0n) is 10.5. The number of nitrogen functional groups attached to an aromatic ring is 1. The first-order chi connectivity index (χ1) is 9.52. The second kappa shape index (κ2) is 6.11. The van der Waals surface area contributed by atoms with Crippen molar-refractivity contribution >= 4 is 50.7 Å². The maximum absolute atomic E-state index is 11.6. The molecular weight excluding hydrogens is 346 g/mol. The zero-order valence-corrected chi connectivity index (χ0v) is 12.8. The normalized spacial score (nSPS) is 10.2. The summed E-state index contributed by atoms with van der Waals surface area (Å²) < 4.78 is 5.40. The summed E-state index contributed by atoms with van der Waals surface area (Å²) in [7, 11) is 1.30. The minimum absolute atomic E-state index is 0.227. The van der Waals surface area contributed by atoms with Crippen molar-refractivity contribution < 1.29 is 9.53 Å². The lowest BCUT2D eigenvalue weighted by atomic mass is 10.2. The van der Waals surface area contributed by atoms with Gasteiger partial charge in [0, 0.05) is 16.4 Å². The molecule has 20 heavy (non-hydrogen) atoms. The molecule has 0 spiro atoms. The van der Waals surface area contributed by atoms with Crippen molar-refractivity contribution in [3.05, 3.63) is 45.5 Å². The highest BCUT2D eigenvalue weighted by Crippen LogP contribution is 2.29. The van der Waals surface area contributed by atoms with E-state index in [1.807, 2.05) is 0 Å². The molecule has 1 aromatic heterocycles. The Morgan fingerprint density at radius 1 is 1.45 bits per heavy atom. The van der Waals surface area contributed by atoms with Crippen LogP contribution in [0.15, 0.2) is 34.9 Å². The van der Waals surface area contributed by atoms with Crippen molar-refractivity contribution in [3.63, 3.8) is 0 Å². The molecule has 0 aliphatic rings. The summed E-state index contributed by atoms with van der Waals surface area (Å²) in [6.45, 7) is 0. The Kier molecular flexibility index (Phi) is 4.46. The molecule has 0 saturated heterocycles. The van der Waals surface area contributed by atoms with Crippen LogP contribution in [0.4, 0.5) is 17.2 Å². The summed E-state index contributed by atoms with van der Waals surface area (Å²) in [4.78, 5) is 15.7. The van der Waals surface area contributed by atoms with Gasteiger partial charge < -0.3 is 15.8 Å². The van der Waals surface area contributed by atoms with E-state index in [9.17, 15) is 4.79 Å². The first-order valence-corrected chi connectivity index (χ1v) is 6.75. The molecule has 104 valence electrons. The number of carbonyl (C=O) groups is 1. The SMILES string of the molecule is COC(=O)c1ccnc(Nc2ccc(Cl)c(Br)c2)c1N. The molecule has 3 N–H and O–H groups in total. The van der Waals surface area contributed by atoms with Crippen molar-refractivity contribution in [1.82, 2.24) is 4.98 Å². The van der Waals surface area contributed by atoms with E-state index < -0.39 is 5.97 Å². The quantitative estimate of drug-likeness (QED) is 0.822. The first kappa shape index (κ1) is 14.6. The van der Waals surface area contributed by atoms with Crippen molar-refractivity contribution in [1.29, 1.82) is 0 Å². The number of rotatable bonds is 3. The lowest BCUT2D eigenvalue weighted by molar-refractivity contribution is 0.0602.